The fraction of sp³-hybridized carbons (Fsp3) is 0.571. The highest BCUT2D eigenvalue weighted by Gasteiger charge is 2.25. The van der Waals surface area contributed by atoms with E-state index in [0.29, 0.717) is 18.8 Å². The van der Waals surface area contributed by atoms with Crippen LogP contribution in [-0.2, 0) is 0 Å². The average Bonchev–Trinajstić information content (AvgIpc) is 2.72. The molecule has 0 saturated carbocycles. The van der Waals surface area contributed by atoms with Crippen LogP contribution in [0.25, 0.3) is 0 Å². The zero-order chi connectivity index (χ0) is 9.26. The van der Waals surface area contributed by atoms with Gasteiger partial charge in [0.05, 0.1) is 6.20 Å². The predicted octanol–water partition coefficient (Wildman–Crippen LogP) is -1.02. The Balaban J connectivity index is 2.06. The van der Waals surface area contributed by atoms with Crippen molar-refractivity contribution < 1.29 is 4.79 Å². The van der Waals surface area contributed by atoms with Crippen LogP contribution in [0, 0.1) is 0 Å². The highest BCUT2D eigenvalue weighted by Crippen LogP contribution is 2.09. The van der Waals surface area contributed by atoms with E-state index in [1.807, 2.05) is 0 Å². The normalized spacial score (nSPS) is 22.2. The third-order valence-corrected chi connectivity index (χ3v) is 2.15. The number of likely N-dealkylation sites (tertiary alicyclic amines) is 1. The summed E-state index contributed by atoms with van der Waals surface area (Å²) < 4.78 is 0. The average molecular weight is 181 g/mol. The first kappa shape index (κ1) is 8.18. The van der Waals surface area contributed by atoms with Crippen molar-refractivity contribution in [1.82, 2.24) is 20.3 Å². The van der Waals surface area contributed by atoms with E-state index in [1.54, 1.807) is 4.90 Å². The van der Waals surface area contributed by atoms with E-state index in [1.165, 1.54) is 6.20 Å². The van der Waals surface area contributed by atoms with Crippen molar-refractivity contribution in [2.75, 3.05) is 13.1 Å². The highest BCUT2D eigenvalue weighted by atomic mass is 16.2. The van der Waals surface area contributed by atoms with Crippen LogP contribution in [0.4, 0.5) is 0 Å². The molecule has 2 rings (SSSR count). The fourth-order valence-corrected chi connectivity index (χ4v) is 1.44. The molecule has 1 amide bonds. The molecule has 1 atom stereocenters. The largest absolute Gasteiger partial charge is 0.336 e. The number of carbonyl (C=O) groups is 1. The van der Waals surface area contributed by atoms with Gasteiger partial charge in [0.1, 0.15) is 0 Å². The lowest BCUT2D eigenvalue weighted by molar-refractivity contribution is 0.0785. The SMILES string of the molecule is N[C@H]1CCN(C(=O)c2cn[nH]n2)C1. The van der Waals surface area contributed by atoms with Gasteiger partial charge in [-0.15, -0.1) is 0 Å². The molecule has 0 aliphatic carbocycles. The Labute approximate surface area is 75.1 Å². The Bertz CT molecular complexity index is 296. The number of H-pyrrole nitrogens is 1. The lowest BCUT2D eigenvalue weighted by Crippen LogP contribution is -2.32. The summed E-state index contributed by atoms with van der Waals surface area (Å²) in [5, 5.41) is 9.70. The number of carbonyl (C=O) groups excluding carboxylic acids is 1. The van der Waals surface area contributed by atoms with Gasteiger partial charge in [-0.25, -0.2) is 0 Å². The van der Waals surface area contributed by atoms with E-state index in [0.717, 1.165) is 6.42 Å². The molecule has 1 aromatic heterocycles. The third kappa shape index (κ3) is 1.52. The van der Waals surface area contributed by atoms with E-state index in [2.05, 4.69) is 15.4 Å². The molecule has 70 valence electrons. The number of hydrogen-bond donors (Lipinski definition) is 2. The molecule has 0 bridgehead atoms. The van der Waals surface area contributed by atoms with Crippen LogP contribution >= 0.6 is 0 Å². The molecule has 0 spiro atoms. The summed E-state index contributed by atoms with van der Waals surface area (Å²) in [6.07, 6.45) is 2.29. The number of amides is 1. The van der Waals surface area contributed by atoms with Crippen molar-refractivity contribution in [3.63, 3.8) is 0 Å². The number of nitrogens with zero attached hydrogens (tertiary/aromatic N) is 3. The number of nitrogens with two attached hydrogens (primary N) is 1. The molecule has 1 fully saturated rings. The molecule has 0 unspecified atom stereocenters. The van der Waals surface area contributed by atoms with Gasteiger partial charge in [-0.3, -0.25) is 4.79 Å². The highest BCUT2D eigenvalue weighted by molar-refractivity contribution is 5.92. The number of nitrogens with one attached hydrogen (secondary N) is 1. The van der Waals surface area contributed by atoms with Crippen molar-refractivity contribution in [3.8, 4) is 0 Å². The second kappa shape index (κ2) is 3.14. The zero-order valence-electron chi connectivity index (χ0n) is 7.10. The van der Waals surface area contributed by atoms with Crippen LogP contribution in [0.5, 0.6) is 0 Å². The maximum atomic E-state index is 11.6. The van der Waals surface area contributed by atoms with Crippen molar-refractivity contribution in [2.24, 2.45) is 5.73 Å². The fourth-order valence-electron chi connectivity index (χ4n) is 1.44. The number of aromatic amines is 1. The van der Waals surface area contributed by atoms with Crippen LogP contribution in [0.1, 0.15) is 16.9 Å². The van der Waals surface area contributed by atoms with E-state index >= 15 is 0 Å². The van der Waals surface area contributed by atoms with Gasteiger partial charge in [-0.1, -0.05) is 0 Å². The van der Waals surface area contributed by atoms with Gasteiger partial charge in [0.2, 0.25) is 0 Å². The van der Waals surface area contributed by atoms with Crippen LogP contribution in [-0.4, -0.2) is 45.3 Å². The molecule has 1 saturated heterocycles. The van der Waals surface area contributed by atoms with Crippen molar-refractivity contribution in [2.45, 2.75) is 12.5 Å². The van der Waals surface area contributed by atoms with Crippen molar-refractivity contribution >= 4 is 5.91 Å². The molecule has 3 N–H and O–H groups in total. The molecule has 0 radical (unpaired) electrons. The molecular weight excluding hydrogens is 170 g/mol. The molecule has 13 heavy (non-hydrogen) atoms. The van der Waals surface area contributed by atoms with Gasteiger partial charge in [0.25, 0.3) is 5.91 Å². The Hall–Kier alpha value is -1.43. The van der Waals surface area contributed by atoms with Crippen LogP contribution < -0.4 is 5.73 Å². The van der Waals surface area contributed by atoms with E-state index in [9.17, 15) is 4.79 Å². The van der Waals surface area contributed by atoms with Crippen molar-refractivity contribution in [1.29, 1.82) is 0 Å². The van der Waals surface area contributed by atoms with Crippen LogP contribution in [0.2, 0.25) is 0 Å². The van der Waals surface area contributed by atoms with E-state index < -0.39 is 0 Å². The lowest BCUT2D eigenvalue weighted by Gasteiger charge is -2.12. The Morgan fingerprint density at radius 2 is 2.62 bits per heavy atom. The Morgan fingerprint density at radius 3 is 3.15 bits per heavy atom. The summed E-state index contributed by atoms with van der Waals surface area (Å²) in [5.74, 6) is -0.0956. The first-order valence-corrected chi connectivity index (χ1v) is 4.18. The van der Waals surface area contributed by atoms with Crippen LogP contribution in [0.15, 0.2) is 6.20 Å². The number of aromatic nitrogens is 3. The number of hydrogen-bond acceptors (Lipinski definition) is 4. The maximum Gasteiger partial charge on any atom is 0.276 e. The second-order valence-corrected chi connectivity index (χ2v) is 3.16. The van der Waals surface area contributed by atoms with Crippen molar-refractivity contribution in [3.05, 3.63) is 11.9 Å². The summed E-state index contributed by atoms with van der Waals surface area (Å²) in [4.78, 5) is 13.3. The summed E-state index contributed by atoms with van der Waals surface area (Å²) >= 11 is 0. The zero-order valence-corrected chi connectivity index (χ0v) is 7.10. The minimum Gasteiger partial charge on any atom is -0.336 e. The quantitative estimate of drug-likeness (QED) is 0.580. The molecule has 2 heterocycles. The van der Waals surface area contributed by atoms with Gasteiger partial charge in [-0.05, 0) is 6.42 Å². The smallest absolute Gasteiger partial charge is 0.276 e. The molecular formula is C7H11N5O. The Kier molecular flexibility index (Phi) is 1.97. The minimum atomic E-state index is -0.0956. The van der Waals surface area contributed by atoms with Gasteiger partial charge < -0.3 is 10.6 Å². The first-order chi connectivity index (χ1) is 6.27. The third-order valence-electron chi connectivity index (χ3n) is 2.15. The molecule has 6 heteroatoms. The molecule has 1 aliphatic rings. The minimum absolute atomic E-state index is 0.0956. The summed E-state index contributed by atoms with van der Waals surface area (Å²) in [7, 11) is 0. The predicted molar refractivity (Wildman–Crippen MR) is 44.9 cm³/mol. The number of rotatable bonds is 1. The molecule has 1 aliphatic heterocycles. The van der Waals surface area contributed by atoms with E-state index in [-0.39, 0.29) is 11.9 Å². The van der Waals surface area contributed by atoms with Gasteiger partial charge in [-0.2, -0.15) is 15.4 Å². The van der Waals surface area contributed by atoms with Gasteiger partial charge in [0, 0.05) is 19.1 Å². The van der Waals surface area contributed by atoms with E-state index in [4.69, 9.17) is 5.73 Å². The summed E-state index contributed by atoms with van der Waals surface area (Å²) in [6.45, 7) is 1.33. The summed E-state index contributed by atoms with van der Waals surface area (Å²) in [5.41, 5.74) is 6.03. The molecule has 6 nitrogen and oxygen atoms in total. The maximum absolute atomic E-state index is 11.6. The lowest BCUT2D eigenvalue weighted by atomic mass is 10.3. The molecule has 0 aromatic carbocycles. The van der Waals surface area contributed by atoms with Gasteiger partial charge in [0.15, 0.2) is 5.69 Å². The topological polar surface area (TPSA) is 87.9 Å². The molecule has 1 aromatic rings. The Morgan fingerprint density at radius 1 is 1.77 bits per heavy atom. The summed E-state index contributed by atoms with van der Waals surface area (Å²) in [6, 6.07) is 0.107. The standard InChI is InChI=1S/C7H11N5O/c8-5-1-2-12(4-5)7(13)6-3-9-11-10-6/h3,5H,1-2,4,8H2,(H,9,10,11)/t5-/m0/s1. The van der Waals surface area contributed by atoms with Gasteiger partial charge >= 0.3 is 0 Å². The monoisotopic (exact) mass is 181 g/mol. The van der Waals surface area contributed by atoms with Crippen LogP contribution in [0.3, 0.4) is 0 Å². The second-order valence-electron chi connectivity index (χ2n) is 3.16. The first-order valence-electron chi connectivity index (χ1n) is 4.18.